The Labute approximate surface area is 220 Å². The Kier molecular flexibility index (Phi) is 7.40. The van der Waals surface area contributed by atoms with Gasteiger partial charge in [0, 0.05) is 11.1 Å². The summed E-state index contributed by atoms with van der Waals surface area (Å²) in [5.74, 6) is -2.75. The summed E-state index contributed by atoms with van der Waals surface area (Å²) < 4.78 is 10.2. The molecule has 3 aromatic rings. The molecule has 2 N–H and O–H groups in total. The van der Waals surface area contributed by atoms with Gasteiger partial charge in [-0.15, -0.1) is 0 Å². The van der Waals surface area contributed by atoms with Crippen LogP contribution in [-0.4, -0.2) is 31.9 Å². The number of nitrogens with zero attached hydrogens (tertiary/aromatic N) is 2. The largest absolute Gasteiger partial charge is 0.466 e. The summed E-state index contributed by atoms with van der Waals surface area (Å²) in [5, 5.41) is 10.3. The van der Waals surface area contributed by atoms with Gasteiger partial charge in [-0.2, -0.15) is 5.26 Å². The molecule has 3 aromatic carbocycles. The quantitative estimate of drug-likeness (QED) is 0.383. The monoisotopic (exact) mass is 507 g/mol. The summed E-state index contributed by atoms with van der Waals surface area (Å²) in [7, 11) is 2.40. The number of hydrogen-bond donors (Lipinski definition) is 1. The molecule has 1 aliphatic rings. The maximum absolute atomic E-state index is 13.4. The standard InChI is InChI=1S/C30H25N3O5/c1-18(34)20-12-9-13-21(16-20)22-14-7-8-15-24(22)33-27(30(36)38-3)26(29(35)37-2)25(23(17-31)28(33)32)19-10-5-4-6-11-19/h4-16,25H,32H2,1-3H3. The number of Topliss-reactive ketones (excluding diaryl/α,β-unsaturated/α-hetero) is 1. The second kappa shape index (κ2) is 10.8. The average Bonchev–Trinajstić information content (AvgIpc) is 2.96. The lowest BCUT2D eigenvalue weighted by Gasteiger charge is -2.36. The van der Waals surface area contributed by atoms with Crippen LogP contribution in [0.25, 0.3) is 11.1 Å². The number of hydrogen-bond acceptors (Lipinski definition) is 8. The number of allylic oxidation sites excluding steroid dienone is 1. The first-order valence-corrected chi connectivity index (χ1v) is 11.7. The normalized spacial score (nSPS) is 15.1. The number of rotatable bonds is 6. The molecule has 38 heavy (non-hydrogen) atoms. The van der Waals surface area contributed by atoms with Crippen molar-refractivity contribution >= 4 is 23.4 Å². The van der Waals surface area contributed by atoms with Crippen molar-refractivity contribution < 1.29 is 23.9 Å². The molecule has 0 saturated heterocycles. The van der Waals surface area contributed by atoms with E-state index in [2.05, 4.69) is 6.07 Å². The molecule has 8 nitrogen and oxygen atoms in total. The maximum Gasteiger partial charge on any atom is 0.355 e. The number of nitriles is 1. The number of para-hydroxylation sites is 1. The minimum Gasteiger partial charge on any atom is -0.466 e. The van der Waals surface area contributed by atoms with Crippen LogP contribution in [-0.2, 0) is 19.1 Å². The number of anilines is 1. The first kappa shape index (κ1) is 25.9. The van der Waals surface area contributed by atoms with E-state index in [0.29, 0.717) is 27.9 Å². The van der Waals surface area contributed by atoms with Gasteiger partial charge in [0.25, 0.3) is 0 Å². The molecule has 190 valence electrons. The van der Waals surface area contributed by atoms with Crippen molar-refractivity contribution in [2.24, 2.45) is 5.73 Å². The molecule has 0 fully saturated rings. The zero-order valence-electron chi connectivity index (χ0n) is 21.1. The van der Waals surface area contributed by atoms with E-state index in [1.54, 1.807) is 72.8 Å². The molecule has 8 heteroatoms. The highest BCUT2D eigenvalue weighted by molar-refractivity contribution is 6.07. The summed E-state index contributed by atoms with van der Waals surface area (Å²) in [6.07, 6.45) is 0. The van der Waals surface area contributed by atoms with Gasteiger partial charge in [-0.05, 0) is 30.2 Å². The molecule has 0 amide bonds. The van der Waals surface area contributed by atoms with Crippen molar-refractivity contribution in [3.8, 4) is 17.2 Å². The van der Waals surface area contributed by atoms with E-state index >= 15 is 0 Å². The third kappa shape index (κ3) is 4.53. The van der Waals surface area contributed by atoms with E-state index in [4.69, 9.17) is 15.2 Å². The number of carbonyl (C=O) groups excluding carboxylic acids is 3. The SMILES string of the molecule is COC(=O)C1=C(C(=O)OC)N(c2ccccc2-c2cccc(C(C)=O)c2)C(N)=C(C#N)C1c1ccccc1. The van der Waals surface area contributed by atoms with Crippen LogP contribution in [0.3, 0.4) is 0 Å². The lowest BCUT2D eigenvalue weighted by atomic mass is 9.80. The van der Waals surface area contributed by atoms with E-state index in [1.807, 2.05) is 6.07 Å². The Balaban J connectivity index is 2.08. The minimum atomic E-state index is -0.966. The molecule has 1 atom stereocenters. The van der Waals surface area contributed by atoms with Crippen molar-refractivity contribution in [1.29, 1.82) is 5.26 Å². The van der Waals surface area contributed by atoms with Gasteiger partial charge in [-0.25, -0.2) is 9.59 Å². The number of ether oxygens (including phenoxy) is 2. The number of benzene rings is 3. The minimum absolute atomic E-state index is 0.0374. The lowest BCUT2D eigenvalue weighted by Crippen LogP contribution is -2.41. The molecule has 0 aliphatic carbocycles. The zero-order chi connectivity index (χ0) is 27.4. The third-order valence-corrected chi connectivity index (χ3v) is 6.34. The Morgan fingerprint density at radius 1 is 0.895 bits per heavy atom. The Morgan fingerprint density at radius 2 is 1.55 bits per heavy atom. The van der Waals surface area contributed by atoms with E-state index in [1.165, 1.54) is 26.0 Å². The van der Waals surface area contributed by atoms with Crippen LogP contribution < -0.4 is 10.6 Å². The van der Waals surface area contributed by atoms with Crippen LogP contribution in [0.5, 0.6) is 0 Å². The fourth-order valence-corrected chi connectivity index (χ4v) is 4.58. The molecular formula is C30H25N3O5. The van der Waals surface area contributed by atoms with Gasteiger partial charge in [0.05, 0.1) is 43.0 Å². The van der Waals surface area contributed by atoms with Crippen molar-refractivity contribution in [3.05, 3.63) is 113 Å². The molecule has 4 rings (SSSR count). The molecular weight excluding hydrogens is 482 g/mol. The van der Waals surface area contributed by atoms with Gasteiger partial charge in [0.2, 0.25) is 0 Å². The highest BCUT2D eigenvalue weighted by Gasteiger charge is 2.43. The fourth-order valence-electron chi connectivity index (χ4n) is 4.58. The Morgan fingerprint density at radius 3 is 2.18 bits per heavy atom. The van der Waals surface area contributed by atoms with Crippen molar-refractivity contribution in [3.63, 3.8) is 0 Å². The molecule has 1 aliphatic heterocycles. The van der Waals surface area contributed by atoms with E-state index < -0.39 is 17.9 Å². The van der Waals surface area contributed by atoms with Crippen molar-refractivity contribution in [1.82, 2.24) is 0 Å². The van der Waals surface area contributed by atoms with Crippen molar-refractivity contribution in [2.45, 2.75) is 12.8 Å². The van der Waals surface area contributed by atoms with Gasteiger partial charge in [0.15, 0.2) is 5.78 Å². The third-order valence-electron chi connectivity index (χ3n) is 6.34. The summed E-state index contributed by atoms with van der Waals surface area (Å²) in [5.41, 5.74) is 9.23. The van der Waals surface area contributed by atoms with Gasteiger partial charge < -0.3 is 15.2 Å². The number of nitrogens with two attached hydrogens (primary N) is 1. The van der Waals surface area contributed by atoms with Crippen molar-refractivity contribution in [2.75, 3.05) is 19.1 Å². The summed E-state index contributed by atoms with van der Waals surface area (Å²) >= 11 is 0. The summed E-state index contributed by atoms with van der Waals surface area (Å²) in [4.78, 5) is 40.0. The molecule has 1 unspecified atom stereocenters. The second-order valence-corrected chi connectivity index (χ2v) is 8.49. The maximum atomic E-state index is 13.4. The van der Waals surface area contributed by atoms with Crippen LogP contribution in [0.2, 0.25) is 0 Å². The van der Waals surface area contributed by atoms with Crippen LogP contribution in [0.1, 0.15) is 28.8 Å². The average molecular weight is 508 g/mol. The molecule has 0 bridgehead atoms. The van der Waals surface area contributed by atoms with Crippen LogP contribution in [0.15, 0.2) is 102 Å². The number of methoxy groups -OCH3 is 2. The predicted molar refractivity (Wildman–Crippen MR) is 141 cm³/mol. The van der Waals surface area contributed by atoms with E-state index in [0.717, 1.165) is 0 Å². The predicted octanol–water partition coefficient (Wildman–Crippen LogP) is 4.45. The molecule has 0 saturated carbocycles. The van der Waals surface area contributed by atoms with Crippen LogP contribution in [0.4, 0.5) is 5.69 Å². The van der Waals surface area contributed by atoms with Crippen LogP contribution >= 0.6 is 0 Å². The number of esters is 2. The summed E-state index contributed by atoms with van der Waals surface area (Å²) in [6, 6.07) is 25.0. The Hall–Kier alpha value is -5.16. The second-order valence-electron chi connectivity index (χ2n) is 8.49. The number of carbonyl (C=O) groups is 3. The molecule has 0 spiro atoms. The molecule has 0 radical (unpaired) electrons. The van der Waals surface area contributed by atoms with Gasteiger partial charge >= 0.3 is 11.9 Å². The molecule has 0 aromatic heterocycles. The van der Waals surface area contributed by atoms with Gasteiger partial charge in [0.1, 0.15) is 11.5 Å². The lowest BCUT2D eigenvalue weighted by molar-refractivity contribution is -0.139. The van der Waals surface area contributed by atoms with Gasteiger partial charge in [-0.3, -0.25) is 9.69 Å². The topological polar surface area (TPSA) is 123 Å². The highest BCUT2D eigenvalue weighted by atomic mass is 16.5. The van der Waals surface area contributed by atoms with Crippen LogP contribution in [0, 0.1) is 11.3 Å². The van der Waals surface area contributed by atoms with E-state index in [9.17, 15) is 19.6 Å². The zero-order valence-corrected chi connectivity index (χ0v) is 21.1. The first-order valence-electron chi connectivity index (χ1n) is 11.7. The van der Waals surface area contributed by atoms with Gasteiger partial charge in [-0.1, -0.05) is 66.7 Å². The van der Waals surface area contributed by atoms with E-state index in [-0.39, 0.29) is 28.4 Å². The Bertz CT molecular complexity index is 1530. The first-order chi connectivity index (χ1) is 18.3. The number of ketones is 1. The fraction of sp³-hybridized carbons (Fsp3) is 0.133. The highest BCUT2D eigenvalue weighted by Crippen LogP contribution is 2.45. The summed E-state index contributed by atoms with van der Waals surface area (Å²) in [6.45, 7) is 1.47. The molecule has 1 heterocycles. The smallest absolute Gasteiger partial charge is 0.355 e.